The molecule has 0 spiro atoms. The zero-order valence-corrected chi connectivity index (χ0v) is 18.2. The summed E-state index contributed by atoms with van der Waals surface area (Å²) in [5.41, 5.74) is 3.15. The number of aromatic nitrogens is 2. The molecule has 1 N–H and O–H groups in total. The van der Waals surface area contributed by atoms with Crippen LogP contribution in [0, 0.1) is 0 Å². The third-order valence-electron chi connectivity index (χ3n) is 4.78. The summed E-state index contributed by atoms with van der Waals surface area (Å²) >= 11 is 1.44. The molecule has 1 aromatic heterocycles. The van der Waals surface area contributed by atoms with Gasteiger partial charge in [-0.3, -0.25) is 4.79 Å². The van der Waals surface area contributed by atoms with Gasteiger partial charge < -0.3 is 14.6 Å². The number of unbranched alkanes of at least 4 members (excludes halogenated alkanes) is 3. The average molecular weight is 426 g/mol. The fourth-order valence-electron chi connectivity index (χ4n) is 3.21. The topological polar surface area (TPSA) is 73.2 Å². The number of methoxy groups -OCH3 is 1. The molecule has 30 heavy (non-hydrogen) atoms. The molecule has 0 bridgehead atoms. The molecule has 0 saturated carbocycles. The number of carbonyl (C=O) groups excluding carboxylic acids is 2. The van der Waals surface area contributed by atoms with E-state index in [4.69, 9.17) is 4.98 Å². The molecule has 6 nitrogen and oxygen atoms in total. The number of anilines is 1. The highest BCUT2D eigenvalue weighted by Crippen LogP contribution is 2.25. The molecule has 3 rings (SSSR count). The zero-order valence-electron chi connectivity index (χ0n) is 17.4. The molecule has 0 radical (unpaired) electrons. The summed E-state index contributed by atoms with van der Waals surface area (Å²) in [5, 5.41) is 3.73. The van der Waals surface area contributed by atoms with Crippen molar-refractivity contribution in [2.45, 2.75) is 44.3 Å². The molecule has 0 aliphatic heterocycles. The maximum atomic E-state index is 12.4. The molecule has 0 atom stereocenters. The van der Waals surface area contributed by atoms with Gasteiger partial charge in [-0.25, -0.2) is 9.78 Å². The number of imidazole rings is 1. The highest BCUT2D eigenvalue weighted by molar-refractivity contribution is 7.99. The summed E-state index contributed by atoms with van der Waals surface area (Å²) in [5.74, 6) is -0.256. The molecular weight excluding hydrogens is 398 g/mol. The van der Waals surface area contributed by atoms with E-state index in [0.29, 0.717) is 11.3 Å². The van der Waals surface area contributed by atoms with Crippen LogP contribution in [0.4, 0.5) is 5.69 Å². The molecule has 0 saturated heterocycles. The van der Waals surface area contributed by atoms with E-state index in [1.807, 2.05) is 18.2 Å². The van der Waals surface area contributed by atoms with Crippen molar-refractivity contribution in [3.05, 3.63) is 54.1 Å². The fourth-order valence-corrected chi connectivity index (χ4v) is 4.05. The predicted octanol–water partition coefficient (Wildman–Crippen LogP) is 5.13. The van der Waals surface area contributed by atoms with Crippen LogP contribution in [-0.2, 0) is 16.1 Å². The first-order valence-electron chi connectivity index (χ1n) is 10.2. The van der Waals surface area contributed by atoms with E-state index in [0.717, 1.165) is 29.2 Å². The first-order valence-corrected chi connectivity index (χ1v) is 11.2. The van der Waals surface area contributed by atoms with E-state index < -0.39 is 5.97 Å². The van der Waals surface area contributed by atoms with Gasteiger partial charge in [-0.2, -0.15) is 0 Å². The molecule has 158 valence electrons. The SMILES string of the molecule is CCCCCCn1c(SCC(=O)Nc2ccc(C(=O)OC)cc2)nc2ccccc21. The van der Waals surface area contributed by atoms with Crippen LogP contribution in [0.3, 0.4) is 0 Å². The number of rotatable bonds is 10. The molecule has 0 aliphatic rings. The highest BCUT2D eigenvalue weighted by Gasteiger charge is 2.13. The summed E-state index contributed by atoms with van der Waals surface area (Å²) in [4.78, 5) is 28.7. The Morgan fingerprint density at radius 2 is 1.83 bits per heavy atom. The third-order valence-corrected chi connectivity index (χ3v) is 5.75. The van der Waals surface area contributed by atoms with Crippen molar-refractivity contribution >= 4 is 40.4 Å². The van der Waals surface area contributed by atoms with Gasteiger partial charge in [-0.05, 0) is 42.8 Å². The van der Waals surface area contributed by atoms with Gasteiger partial charge >= 0.3 is 5.97 Å². The van der Waals surface area contributed by atoms with Gasteiger partial charge in [0.25, 0.3) is 0 Å². The van der Waals surface area contributed by atoms with E-state index in [2.05, 4.69) is 27.6 Å². The summed E-state index contributed by atoms with van der Waals surface area (Å²) in [7, 11) is 1.34. The number of hydrogen-bond donors (Lipinski definition) is 1. The van der Waals surface area contributed by atoms with Gasteiger partial charge in [0.15, 0.2) is 5.16 Å². The third kappa shape index (κ3) is 5.63. The number of esters is 1. The number of nitrogens with zero attached hydrogens (tertiary/aromatic N) is 2. The quantitative estimate of drug-likeness (QED) is 0.277. The van der Waals surface area contributed by atoms with E-state index in [9.17, 15) is 9.59 Å². The Bertz CT molecular complexity index is 999. The summed E-state index contributed by atoms with van der Waals surface area (Å²) < 4.78 is 6.90. The second-order valence-corrected chi connectivity index (χ2v) is 7.94. The van der Waals surface area contributed by atoms with Gasteiger partial charge in [-0.1, -0.05) is 50.1 Å². The molecule has 7 heteroatoms. The van der Waals surface area contributed by atoms with Gasteiger partial charge in [0, 0.05) is 12.2 Å². The molecular formula is C23H27N3O3S. The summed E-state index contributed by atoms with van der Waals surface area (Å²) in [6, 6.07) is 14.7. The van der Waals surface area contributed by atoms with Crippen LogP contribution in [0.5, 0.6) is 0 Å². The Labute approximate surface area is 181 Å². The molecule has 2 aromatic carbocycles. The maximum absolute atomic E-state index is 12.4. The summed E-state index contributed by atoms with van der Waals surface area (Å²) in [6.45, 7) is 3.11. The first-order chi connectivity index (χ1) is 14.6. The van der Waals surface area contributed by atoms with Crippen molar-refractivity contribution in [3.8, 4) is 0 Å². The number of fused-ring (bicyclic) bond motifs is 1. The van der Waals surface area contributed by atoms with Crippen molar-refractivity contribution in [3.63, 3.8) is 0 Å². The van der Waals surface area contributed by atoms with E-state index in [-0.39, 0.29) is 11.7 Å². The monoisotopic (exact) mass is 425 g/mol. The number of nitrogens with one attached hydrogen (secondary N) is 1. The first kappa shape index (κ1) is 21.9. The number of amides is 1. The lowest BCUT2D eigenvalue weighted by Gasteiger charge is -2.09. The second-order valence-electron chi connectivity index (χ2n) is 7.00. The Balaban J connectivity index is 1.63. The van der Waals surface area contributed by atoms with E-state index in [1.54, 1.807) is 24.3 Å². The largest absolute Gasteiger partial charge is 0.465 e. The molecule has 1 amide bonds. The number of hydrogen-bond acceptors (Lipinski definition) is 5. The van der Waals surface area contributed by atoms with Gasteiger partial charge in [0.1, 0.15) is 0 Å². The van der Waals surface area contributed by atoms with Crippen LogP contribution in [0.1, 0.15) is 43.0 Å². The fraction of sp³-hybridized carbons (Fsp3) is 0.348. The lowest BCUT2D eigenvalue weighted by Crippen LogP contribution is -2.15. The normalized spacial score (nSPS) is 10.9. The molecule has 1 heterocycles. The lowest BCUT2D eigenvalue weighted by molar-refractivity contribution is -0.113. The summed E-state index contributed by atoms with van der Waals surface area (Å²) in [6.07, 6.45) is 4.72. The Morgan fingerprint density at radius 1 is 1.07 bits per heavy atom. The van der Waals surface area contributed by atoms with Crippen molar-refractivity contribution in [2.24, 2.45) is 0 Å². The molecule has 3 aromatic rings. The minimum Gasteiger partial charge on any atom is -0.465 e. The number of para-hydroxylation sites is 2. The predicted molar refractivity (Wildman–Crippen MR) is 121 cm³/mol. The number of carbonyl (C=O) groups is 2. The highest BCUT2D eigenvalue weighted by atomic mass is 32.2. The molecule has 0 aliphatic carbocycles. The van der Waals surface area contributed by atoms with Crippen molar-refractivity contribution in [1.82, 2.24) is 9.55 Å². The van der Waals surface area contributed by atoms with E-state index in [1.165, 1.54) is 38.1 Å². The van der Waals surface area contributed by atoms with Crippen molar-refractivity contribution in [2.75, 3.05) is 18.2 Å². The van der Waals surface area contributed by atoms with Crippen LogP contribution < -0.4 is 5.32 Å². The van der Waals surface area contributed by atoms with Gasteiger partial charge in [-0.15, -0.1) is 0 Å². The minimum absolute atomic E-state index is 0.115. The Morgan fingerprint density at radius 3 is 2.57 bits per heavy atom. The average Bonchev–Trinajstić information content (AvgIpc) is 3.13. The van der Waals surface area contributed by atoms with E-state index >= 15 is 0 Å². The lowest BCUT2D eigenvalue weighted by atomic mass is 10.2. The minimum atomic E-state index is -0.402. The van der Waals surface area contributed by atoms with Crippen molar-refractivity contribution < 1.29 is 14.3 Å². The Kier molecular flexibility index (Phi) is 7.90. The zero-order chi connectivity index (χ0) is 21.3. The number of aryl methyl sites for hydroxylation is 1. The Hall–Kier alpha value is -2.80. The van der Waals surface area contributed by atoms with Crippen LogP contribution >= 0.6 is 11.8 Å². The maximum Gasteiger partial charge on any atom is 0.337 e. The van der Waals surface area contributed by atoms with Gasteiger partial charge in [0.2, 0.25) is 5.91 Å². The van der Waals surface area contributed by atoms with Gasteiger partial charge in [0.05, 0.1) is 29.5 Å². The standard InChI is InChI=1S/C23H27N3O3S/c1-3-4-5-8-15-26-20-10-7-6-9-19(20)25-23(26)30-16-21(27)24-18-13-11-17(12-14-18)22(28)29-2/h6-7,9-14H,3-5,8,15-16H2,1-2H3,(H,24,27). The smallest absolute Gasteiger partial charge is 0.337 e. The number of benzene rings is 2. The number of thioether (sulfide) groups is 1. The molecule has 0 fully saturated rings. The second kappa shape index (κ2) is 10.8. The molecule has 0 unspecified atom stereocenters. The van der Waals surface area contributed by atoms with Crippen molar-refractivity contribution in [1.29, 1.82) is 0 Å². The van der Waals surface area contributed by atoms with Crippen LogP contribution in [0.25, 0.3) is 11.0 Å². The van der Waals surface area contributed by atoms with Crippen LogP contribution in [-0.4, -0.2) is 34.3 Å². The van der Waals surface area contributed by atoms with Crippen LogP contribution in [0.2, 0.25) is 0 Å². The number of ether oxygens (including phenoxy) is 1. The van der Waals surface area contributed by atoms with Crippen LogP contribution in [0.15, 0.2) is 53.7 Å².